The number of aryl methyl sites for hydroxylation is 1. The number of nitrogens with zero attached hydrogens (tertiary/aromatic N) is 1. The van der Waals surface area contributed by atoms with Crippen molar-refractivity contribution in [3.8, 4) is 0 Å². The van der Waals surface area contributed by atoms with Gasteiger partial charge in [0.2, 0.25) is 0 Å². The molecule has 0 saturated heterocycles. The van der Waals surface area contributed by atoms with Gasteiger partial charge in [-0.1, -0.05) is 18.2 Å². The summed E-state index contributed by atoms with van der Waals surface area (Å²) < 4.78 is 7.38. The minimum atomic E-state index is 0.756. The van der Waals surface area contributed by atoms with Crippen LogP contribution in [0, 0.1) is 0 Å². The molecule has 1 heterocycles. The molecular formula is C14H20N2O. The average molecular weight is 232 g/mol. The quantitative estimate of drug-likeness (QED) is 0.774. The van der Waals surface area contributed by atoms with Crippen LogP contribution in [0.1, 0.15) is 12.6 Å². The molecule has 0 spiro atoms. The van der Waals surface area contributed by atoms with Crippen LogP contribution in [-0.2, 0) is 17.8 Å². The monoisotopic (exact) mass is 232 g/mol. The Kier molecular flexibility index (Phi) is 4.18. The maximum absolute atomic E-state index is 5.03. The molecule has 2 aromatic rings. The third-order valence-electron chi connectivity index (χ3n) is 3.00. The number of rotatable bonds is 6. The molecule has 0 aliphatic rings. The number of methoxy groups -OCH3 is 1. The van der Waals surface area contributed by atoms with Crippen LogP contribution in [0.5, 0.6) is 0 Å². The van der Waals surface area contributed by atoms with Crippen LogP contribution in [0.15, 0.2) is 30.3 Å². The summed E-state index contributed by atoms with van der Waals surface area (Å²) in [4.78, 5) is 0. The molecule has 3 nitrogen and oxygen atoms in total. The predicted molar refractivity (Wildman–Crippen MR) is 71.2 cm³/mol. The standard InChI is InChI=1S/C14H20N2O/c1-3-16-13(11-15-8-9-17-2)10-12-6-4-5-7-14(12)16/h4-7,10,15H,3,8-9,11H2,1-2H3. The molecule has 0 unspecified atom stereocenters. The second kappa shape index (κ2) is 5.84. The van der Waals surface area contributed by atoms with Gasteiger partial charge in [0.25, 0.3) is 0 Å². The molecule has 0 fully saturated rings. The Morgan fingerprint density at radius 1 is 1.29 bits per heavy atom. The first-order chi connectivity index (χ1) is 8.36. The highest BCUT2D eigenvalue weighted by Crippen LogP contribution is 2.19. The lowest BCUT2D eigenvalue weighted by Gasteiger charge is -2.08. The van der Waals surface area contributed by atoms with Gasteiger partial charge in [-0.2, -0.15) is 0 Å². The maximum atomic E-state index is 5.03. The fourth-order valence-electron chi connectivity index (χ4n) is 2.18. The van der Waals surface area contributed by atoms with E-state index in [-0.39, 0.29) is 0 Å². The summed E-state index contributed by atoms with van der Waals surface area (Å²) in [5, 5.41) is 4.71. The topological polar surface area (TPSA) is 26.2 Å². The Labute approximate surface area is 102 Å². The molecule has 2 rings (SSSR count). The van der Waals surface area contributed by atoms with Crippen LogP contribution >= 0.6 is 0 Å². The lowest BCUT2D eigenvalue weighted by atomic mass is 10.2. The van der Waals surface area contributed by atoms with Crippen LogP contribution in [0.3, 0.4) is 0 Å². The fraction of sp³-hybridized carbons (Fsp3) is 0.429. The van der Waals surface area contributed by atoms with E-state index in [2.05, 4.69) is 47.1 Å². The van der Waals surface area contributed by atoms with Crippen molar-refractivity contribution in [2.45, 2.75) is 20.0 Å². The zero-order chi connectivity index (χ0) is 12.1. The number of aromatic nitrogens is 1. The lowest BCUT2D eigenvalue weighted by Crippen LogP contribution is -2.20. The van der Waals surface area contributed by atoms with E-state index < -0.39 is 0 Å². The van der Waals surface area contributed by atoms with Crippen molar-refractivity contribution in [3.63, 3.8) is 0 Å². The highest BCUT2D eigenvalue weighted by atomic mass is 16.5. The predicted octanol–water partition coefficient (Wildman–Crippen LogP) is 2.40. The smallest absolute Gasteiger partial charge is 0.0587 e. The van der Waals surface area contributed by atoms with Gasteiger partial charge in [-0.05, 0) is 24.4 Å². The number of fused-ring (bicyclic) bond motifs is 1. The lowest BCUT2D eigenvalue weighted by molar-refractivity contribution is 0.199. The SMILES string of the molecule is CCn1c(CNCCOC)cc2ccccc21. The van der Waals surface area contributed by atoms with E-state index in [1.807, 2.05) is 0 Å². The van der Waals surface area contributed by atoms with Crippen LogP contribution < -0.4 is 5.32 Å². The number of hydrogen-bond acceptors (Lipinski definition) is 2. The zero-order valence-corrected chi connectivity index (χ0v) is 10.6. The maximum Gasteiger partial charge on any atom is 0.0587 e. The molecule has 0 bridgehead atoms. The van der Waals surface area contributed by atoms with E-state index in [0.717, 1.165) is 26.2 Å². The molecule has 0 aliphatic heterocycles. The van der Waals surface area contributed by atoms with E-state index in [1.165, 1.54) is 16.6 Å². The van der Waals surface area contributed by atoms with Crippen molar-refractivity contribution in [2.24, 2.45) is 0 Å². The summed E-state index contributed by atoms with van der Waals surface area (Å²) >= 11 is 0. The van der Waals surface area contributed by atoms with Crippen molar-refractivity contribution in [1.82, 2.24) is 9.88 Å². The molecule has 1 N–H and O–H groups in total. The summed E-state index contributed by atoms with van der Waals surface area (Å²) in [7, 11) is 1.73. The number of benzene rings is 1. The number of para-hydroxylation sites is 1. The van der Waals surface area contributed by atoms with E-state index >= 15 is 0 Å². The minimum absolute atomic E-state index is 0.756. The van der Waals surface area contributed by atoms with Gasteiger partial charge in [0, 0.05) is 38.0 Å². The van der Waals surface area contributed by atoms with Crippen molar-refractivity contribution >= 4 is 10.9 Å². The van der Waals surface area contributed by atoms with Crippen LogP contribution in [0.25, 0.3) is 10.9 Å². The first-order valence-corrected chi connectivity index (χ1v) is 6.13. The summed E-state index contributed by atoms with van der Waals surface area (Å²) in [6, 6.07) is 10.8. The third-order valence-corrected chi connectivity index (χ3v) is 3.00. The second-order valence-corrected chi connectivity index (χ2v) is 4.11. The van der Waals surface area contributed by atoms with Gasteiger partial charge in [0.05, 0.1) is 6.61 Å². The number of nitrogens with one attached hydrogen (secondary N) is 1. The van der Waals surface area contributed by atoms with Gasteiger partial charge in [-0.15, -0.1) is 0 Å². The summed E-state index contributed by atoms with van der Waals surface area (Å²) in [6.45, 7) is 5.74. The molecule has 0 atom stereocenters. The highest BCUT2D eigenvalue weighted by Gasteiger charge is 2.05. The molecule has 92 valence electrons. The van der Waals surface area contributed by atoms with Gasteiger partial charge in [-0.3, -0.25) is 0 Å². The first kappa shape index (κ1) is 12.1. The number of hydrogen-bond donors (Lipinski definition) is 1. The van der Waals surface area contributed by atoms with Crippen molar-refractivity contribution in [1.29, 1.82) is 0 Å². The third kappa shape index (κ3) is 2.68. The highest BCUT2D eigenvalue weighted by molar-refractivity contribution is 5.81. The average Bonchev–Trinajstić information content (AvgIpc) is 2.72. The van der Waals surface area contributed by atoms with E-state index in [9.17, 15) is 0 Å². The Hall–Kier alpha value is -1.32. The largest absolute Gasteiger partial charge is 0.383 e. The molecule has 1 aromatic heterocycles. The Balaban J connectivity index is 2.15. The van der Waals surface area contributed by atoms with Crippen LogP contribution in [-0.4, -0.2) is 24.8 Å². The van der Waals surface area contributed by atoms with Crippen LogP contribution in [0.4, 0.5) is 0 Å². The zero-order valence-electron chi connectivity index (χ0n) is 10.6. The van der Waals surface area contributed by atoms with Gasteiger partial charge >= 0.3 is 0 Å². The molecule has 0 radical (unpaired) electrons. The Bertz CT molecular complexity index is 476. The van der Waals surface area contributed by atoms with E-state index in [1.54, 1.807) is 7.11 Å². The summed E-state index contributed by atoms with van der Waals surface area (Å²) in [5.41, 5.74) is 2.66. The molecule has 1 aromatic carbocycles. The van der Waals surface area contributed by atoms with E-state index in [4.69, 9.17) is 4.74 Å². The van der Waals surface area contributed by atoms with Gasteiger partial charge in [0.15, 0.2) is 0 Å². The summed E-state index contributed by atoms with van der Waals surface area (Å²) in [6.07, 6.45) is 0. The molecule has 0 aliphatic carbocycles. The molecular weight excluding hydrogens is 212 g/mol. The van der Waals surface area contributed by atoms with E-state index in [0.29, 0.717) is 0 Å². The molecule has 0 amide bonds. The molecule has 3 heteroatoms. The molecule has 17 heavy (non-hydrogen) atoms. The Morgan fingerprint density at radius 3 is 2.88 bits per heavy atom. The van der Waals surface area contributed by atoms with Crippen molar-refractivity contribution < 1.29 is 4.74 Å². The van der Waals surface area contributed by atoms with Gasteiger partial charge < -0.3 is 14.6 Å². The minimum Gasteiger partial charge on any atom is -0.383 e. The molecule has 0 saturated carbocycles. The fourth-order valence-corrected chi connectivity index (χ4v) is 2.18. The van der Waals surface area contributed by atoms with Crippen molar-refractivity contribution in [2.75, 3.05) is 20.3 Å². The van der Waals surface area contributed by atoms with Gasteiger partial charge in [0.1, 0.15) is 0 Å². The first-order valence-electron chi connectivity index (χ1n) is 6.13. The van der Waals surface area contributed by atoms with Crippen LogP contribution in [0.2, 0.25) is 0 Å². The normalized spacial score (nSPS) is 11.2. The summed E-state index contributed by atoms with van der Waals surface area (Å²) in [5.74, 6) is 0. The van der Waals surface area contributed by atoms with Gasteiger partial charge in [-0.25, -0.2) is 0 Å². The van der Waals surface area contributed by atoms with Crippen molar-refractivity contribution in [3.05, 3.63) is 36.0 Å². The second-order valence-electron chi connectivity index (χ2n) is 4.11. The Morgan fingerprint density at radius 2 is 2.12 bits per heavy atom. The number of ether oxygens (including phenoxy) is 1.